The van der Waals surface area contributed by atoms with Crippen molar-refractivity contribution >= 4 is 65.5 Å². The number of hydrogen-bond donors (Lipinski definition) is 0. The Bertz CT molecular complexity index is 4150. The fourth-order valence-electron chi connectivity index (χ4n) is 7.08. The Morgan fingerprint density at radius 2 is 1.14 bits per heavy atom. The molecule has 0 radical (unpaired) electrons. The molecule has 0 aliphatic carbocycles. The molecule has 7 aromatic carbocycles. The second-order valence-corrected chi connectivity index (χ2v) is 11.8. The molecule has 0 saturated carbocycles. The van der Waals surface area contributed by atoms with E-state index in [0.29, 0.717) is 16.3 Å². The van der Waals surface area contributed by atoms with Gasteiger partial charge in [0, 0.05) is 49.9 Å². The van der Waals surface area contributed by atoms with Gasteiger partial charge in [-0.05, 0) is 77.7 Å². The van der Waals surface area contributed by atoms with E-state index < -0.39 is 126 Å². The Balaban J connectivity index is 1.43. The zero-order valence-electron chi connectivity index (χ0n) is 44.2. The number of hydrogen-bond acceptors (Lipinski definition) is 1. The van der Waals surface area contributed by atoms with Crippen LogP contribution in [0.3, 0.4) is 0 Å². The Kier molecular flexibility index (Phi) is 3.33. The van der Waals surface area contributed by atoms with E-state index in [1.165, 1.54) is 4.57 Å². The minimum Gasteiger partial charge on any atom is -0.309 e. The van der Waals surface area contributed by atoms with Crippen LogP contribution >= 0.6 is 0 Å². The second kappa shape index (κ2) is 10.8. The van der Waals surface area contributed by atoms with E-state index in [1.807, 2.05) is 65.2 Å². The van der Waals surface area contributed by atoms with Crippen LogP contribution < -0.4 is 0 Å². The fraction of sp³-hybridized carbons (Fsp3) is 0. The highest BCUT2D eigenvalue weighted by Gasteiger charge is 2.21. The summed E-state index contributed by atoms with van der Waals surface area (Å²) in [6.45, 7) is 0. The topological polar surface area (TPSA) is 27.7 Å². The van der Waals surface area contributed by atoms with Gasteiger partial charge in [-0.25, -0.2) is 4.98 Å². The second-order valence-electron chi connectivity index (χ2n) is 11.8. The first-order valence-corrected chi connectivity index (χ1v) is 15.9. The number of rotatable bonds is 4. The van der Waals surface area contributed by atoms with E-state index in [4.69, 9.17) is 16.4 Å². The summed E-state index contributed by atoms with van der Waals surface area (Å²) in [6.07, 6.45) is -0.714. The number of fused-ring (bicyclic) bond motifs is 9. The fourth-order valence-corrected chi connectivity index (χ4v) is 7.08. The quantitative estimate of drug-likeness (QED) is 0.183. The molecule has 11 rings (SSSR count). The number of aromatic nitrogens is 4. The van der Waals surface area contributed by atoms with Gasteiger partial charge in [-0.15, -0.1) is 0 Å². The van der Waals surface area contributed by atoms with Crippen molar-refractivity contribution in [3.05, 3.63) is 182 Å². The SMILES string of the molecule is [2H]c1nc2c(c([2H])c1[2H])c1c([2H])c([2H])c([2H])c([2H])c1n2-c1c([2H])c([2H])c2c3c([2H])c([2H])c(-c4c([2H])c([2H])c([2H])c([2H])c4[2H])c([2H])c3n(-c3cccc4c3c3ccccc3n4-c3ccccc3)c2c1[2H]. The van der Waals surface area contributed by atoms with Crippen LogP contribution in [-0.2, 0) is 0 Å². The molecule has 0 unspecified atom stereocenters. The molecule has 0 saturated heterocycles. The molecule has 11 aromatic rings. The van der Waals surface area contributed by atoms with Crippen molar-refractivity contribution < 1.29 is 24.7 Å². The monoisotopic (exact) mass is 668 g/mol. The molecule has 0 fully saturated rings. The first-order valence-electron chi connectivity index (χ1n) is 24.9. The predicted octanol–water partition coefficient (Wildman–Crippen LogP) is 12.0. The molecule has 51 heavy (non-hydrogen) atoms. The molecule has 0 amide bonds. The van der Waals surface area contributed by atoms with Crippen molar-refractivity contribution in [1.82, 2.24) is 18.7 Å². The van der Waals surface area contributed by atoms with E-state index in [1.54, 1.807) is 12.1 Å². The Morgan fingerprint density at radius 3 is 2.04 bits per heavy atom. The van der Waals surface area contributed by atoms with Gasteiger partial charge in [-0.3, -0.25) is 4.57 Å². The third-order valence-corrected chi connectivity index (χ3v) is 9.16. The highest BCUT2D eigenvalue weighted by Crippen LogP contribution is 2.42. The molecular weight excluding hydrogens is 621 g/mol. The summed E-state index contributed by atoms with van der Waals surface area (Å²) in [6, 6.07) is 10.5. The van der Waals surface area contributed by atoms with Gasteiger partial charge < -0.3 is 9.13 Å². The zero-order chi connectivity index (χ0) is 49.1. The highest BCUT2D eigenvalue weighted by molar-refractivity contribution is 6.17. The van der Waals surface area contributed by atoms with Gasteiger partial charge in [0.2, 0.25) is 0 Å². The molecule has 238 valence electrons. The maximum Gasteiger partial charge on any atom is 0.145 e. The van der Waals surface area contributed by atoms with Crippen molar-refractivity contribution in [2.45, 2.75) is 0 Å². The number of para-hydroxylation sites is 3. The molecule has 0 aliphatic heterocycles. The summed E-state index contributed by atoms with van der Waals surface area (Å²) in [5.74, 6) is 0. The minimum atomic E-state index is -0.747. The lowest BCUT2D eigenvalue weighted by atomic mass is 10.0. The summed E-state index contributed by atoms with van der Waals surface area (Å²) >= 11 is 0. The summed E-state index contributed by atoms with van der Waals surface area (Å²) < 4.78 is 167. The Morgan fingerprint density at radius 1 is 0.412 bits per heavy atom. The normalized spacial score (nSPS) is 16.9. The minimum absolute atomic E-state index is 0.224. The highest BCUT2D eigenvalue weighted by atomic mass is 15.1. The van der Waals surface area contributed by atoms with E-state index in [0.717, 1.165) is 15.8 Å². The van der Waals surface area contributed by atoms with Crippen LogP contribution in [0.25, 0.3) is 93.7 Å². The lowest BCUT2D eigenvalue weighted by molar-refractivity contribution is 1.13. The third kappa shape index (κ3) is 4.05. The molecule has 0 aliphatic rings. The van der Waals surface area contributed by atoms with Crippen molar-refractivity contribution in [2.24, 2.45) is 0 Å². The van der Waals surface area contributed by atoms with E-state index >= 15 is 0 Å². The number of benzene rings is 7. The predicted molar refractivity (Wildman–Crippen MR) is 213 cm³/mol. The van der Waals surface area contributed by atoms with Gasteiger partial charge in [-0.1, -0.05) is 109 Å². The van der Waals surface area contributed by atoms with Crippen molar-refractivity contribution in [3.63, 3.8) is 0 Å². The summed E-state index contributed by atoms with van der Waals surface area (Å²) in [7, 11) is 0. The molecule has 4 heterocycles. The first kappa shape index (κ1) is 15.8. The van der Waals surface area contributed by atoms with Crippen LogP contribution in [0.4, 0.5) is 0 Å². The Hall–Kier alpha value is -6.91. The van der Waals surface area contributed by atoms with Gasteiger partial charge in [0.1, 0.15) is 5.65 Å². The Labute approximate surface area is 319 Å². The lowest BCUT2D eigenvalue weighted by Gasteiger charge is -2.13. The van der Waals surface area contributed by atoms with Gasteiger partial charge in [0.05, 0.1) is 57.9 Å². The van der Waals surface area contributed by atoms with E-state index in [9.17, 15) is 8.22 Å². The zero-order valence-corrected chi connectivity index (χ0v) is 26.2. The average Bonchev–Trinajstić information content (AvgIpc) is 4.00. The molecular formula is C47H30N4. The number of nitrogens with zero attached hydrogens (tertiary/aromatic N) is 4. The average molecular weight is 669 g/mol. The first-order chi connectivity index (χ1) is 32.8. The number of pyridine rings is 1. The van der Waals surface area contributed by atoms with Crippen LogP contribution in [0.2, 0.25) is 0 Å². The van der Waals surface area contributed by atoms with Crippen molar-refractivity contribution in [3.8, 4) is 28.2 Å². The van der Waals surface area contributed by atoms with Gasteiger partial charge >= 0.3 is 0 Å². The van der Waals surface area contributed by atoms with Crippen LogP contribution in [0, 0.1) is 0 Å². The maximum atomic E-state index is 10.3. The van der Waals surface area contributed by atoms with Gasteiger partial charge in [0.15, 0.2) is 0 Å². The van der Waals surface area contributed by atoms with Crippen LogP contribution in [0.1, 0.15) is 24.7 Å². The van der Waals surface area contributed by atoms with Crippen LogP contribution in [0.5, 0.6) is 0 Å². The summed E-state index contributed by atoms with van der Waals surface area (Å²) in [5, 5.41) is 0.163. The molecule has 0 spiro atoms. The van der Waals surface area contributed by atoms with Crippen LogP contribution in [0.15, 0.2) is 182 Å². The van der Waals surface area contributed by atoms with Gasteiger partial charge in [0.25, 0.3) is 0 Å². The van der Waals surface area contributed by atoms with Crippen LogP contribution in [-0.4, -0.2) is 18.7 Å². The maximum absolute atomic E-state index is 10.3. The van der Waals surface area contributed by atoms with Crippen molar-refractivity contribution in [2.75, 3.05) is 0 Å². The summed E-state index contributed by atoms with van der Waals surface area (Å²) in [5.41, 5.74) is -0.317. The molecule has 4 nitrogen and oxygen atoms in total. The van der Waals surface area contributed by atoms with Crippen molar-refractivity contribution in [1.29, 1.82) is 0 Å². The van der Waals surface area contributed by atoms with E-state index in [-0.39, 0.29) is 49.4 Å². The lowest BCUT2D eigenvalue weighted by Crippen LogP contribution is -1.99. The van der Waals surface area contributed by atoms with E-state index in [2.05, 4.69) is 4.98 Å². The molecule has 4 aromatic heterocycles. The molecule has 0 atom stereocenters. The van der Waals surface area contributed by atoms with Gasteiger partial charge in [-0.2, -0.15) is 0 Å². The smallest absolute Gasteiger partial charge is 0.145 e. The third-order valence-electron chi connectivity index (χ3n) is 9.16. The summed E-state index contributed by atoms with van der Waals surface area (Å²) in [4.78, 5) is 4.27. The largest absolute Gasteiger partial charge is 0.309 e. The molecule has 0 bridgehead atoms. The molecule has 4 heteroatoms. The standard InChI is InChI=1S/C47H30N4/c1-3-13-31(14-4-1)32-24-26-36-37-27-25-34(50-40-20-9-7-17-35(40)38-19-12-28-48-47(38)50)30-45(37)51(44(36)29-32)43-23-11-22-42-46(43)39-18-8-10-21-41(39)49(42)33-15-5-2-6-16-33/h1-30H/i1D,3D,4D,7D,9D,12D,13D,14D,17D,19D,20D,24D,25D,26D,27D,28D,29D,30D. The molecule has 0 N–H and O–H groups in total.